The molecular weight excluding hydrogens is 186 g/mol. The Labute approximate surface area is 79.1 Å². The van der Waals surface area contributed by atoms with Crippen LogP contribution in [0.1, 0.15) is 10.4 Å². The molecule has 1 amide bonds. The SMILES string of the molecule is NC(=O)C1=COC=Cc2ccsc21. The second kappa shape index (κ2) is 3.06. The summed E-state index contributed by atoms with van der Waals surface area (Å²) in [5.41, 5.74) is 6.59. The van der Waals surface area contributed by atoms with Crippen LogP contribution in [0.25, 0.3) is 11.6 Å². The van der Waals surface area contributed by atoms with Crippen LogP contribution < -0.4 is 5.73 Å². The number of thiophene rings is 1. The topological polar surface area (TPSA) is 52.3 Å². The number of carbonyl (C=O) groups excluding carboxylic acids is 1. The van der Waals surface area contributed by atoms with E-state index in [4.69, 9.17) is 10.5 Å². The van der Waals surface area contributed by atoms with E-state index in [9.17, 15) is 4.79 Å². The molecule has 13 heavy (non-hydrogen) atoms. The number of nitrogens with two attached hydrogens (primary N) is 1. The quantitative estimate of drug-likeness (QED) is 0.736. The number of rotatable bonds is 1. The first-order valence-electron chi connectivity index (χ1n) is 3.69. The van der Waals surface area contributed by atoms with Crippen molar-refractivity contribution in [2.24, 2.45) is 5.73 Å². The standard InChI is InChI=1S/C9H7NO2S/c10-9(11)7-5-12-3-1-6-2-4-13-8(6)7/h1-5H,(H2,10,11). The average Bonchev–Trinajstić information content (AvgIpc) is 2.44. The Morgan fingerprint density at radius 1 is 1.54 bits per heavy atom. The van der Waals surface area contributed by atoms with Crippen molar-refractivity contribution >= 4 is 28.9 Å². The molecule has 2 rings (SSSR count). The highest BCUT2D eigenvalue weighted by atomic mass is 32.1. The smallest absolute Gasteiger partial charge is 0.253 e. The Morgan fingerprint density at radius 2 is 2.38 bits per heavy atom. The van der Waals surface area contributed by atoms with Crippen LogP contribution in [0.2, 0.25) is 0 Å². The van der Waals surface area contributed by atoms with E-state index < -0.39 is 5.91 Å². The number of ether oxygens (including phenoxy) is 1. The van der Waals surface area contributed by atoms with E-state index in [0.717, 1.165) is 10.4 Å². The molecule has 3 nitrogen and oxygen atoms in total. The molecule has 2 heterocycles. The van der Waals surface area contributed by atoms with Crippen molar-refractivity contribution in [2.75, 3.05) is 0 Å². The summed E-state index contributed by atoms with van der Waals surface area (Å²) in [4.78, 5) is 11.9. The minimum atomic E-state index is -0.465. The fourth-order valence-corrected chi connectivity index (χ4v) is 2.01. The first-order valence-corrected chi connectivity index (χ1v) is 4.57. The fraction of sp³-hybridized carbons (Fsp3) is 0. The van der Waals surface area contributed by atoms with Crippen molar-refractivity contribution in [1.82, 2.24) is 0 Å². The summed E-state index contributed by atoms with van der Waals surface area (Å²) < 4.78 is 4.97. The van der Waals surface area contributed by atoms with Crippen LogP contribution in [0.15, 0.2) is 24.0 Å². The Kier molecular flexibility index (Phi) is 1.90. The monoisotopic (exact) mass is 193 g/mol. The van der Waals surface area contributed by atoms with Crippen molar-refractivity contribution < 1.29 is 9.53 Å². The first kappa shape index (κ1) is 8.07. The van der Waals surface area contributed by atoms with E-state index in [1.54, 1.807) is 6.08 Å². The van der Waals surface area contributed by atoms with Crippen LogP contribution >= 0.6 is 11.3 Å². The van der Waals surface area contributed by atoms with Gasteiger partial charge in [0.05, 0.1) is 16.7 Å². The lowest BCUT2D eigenvalue weighted by atomic mass is 10.1. The lowest BCUT2D eigenvalue weighted by molar-refractivity contribution is -0.112. The number of carbonyl (C=O) groups is 1. The summed E-state index contributed by atoms with van der Waals surface area (Å²) in [6.45, 7) is 0. The van der Waals surface area contributed by atoms with Gasteiger partial charge in [-0.2, -0.15) is 0 Å². The van der Waals surface area contributed by atoms with Crippen molar-refractivity contribution in [1.29, 1.82) is 0 Å². The number of hydrogen-bond donors (Lipinski definition) is 1. The van der Waals surface area contributed by atoms with Crippen molar-refractivity contribution in [3.63, 3.8) is 0 Å². The van der Waals surface area contributed by atoms with Gasteiger partial charge in [0.2, 0.25) is 0 Å². The zero-order valence-electron chi connectivity index (χ0n) is 6.69. The molecule has 1 aromatic heterocycles. The summed E-state index contributed by atoms with van der Waals surface area (Å²) in [5, 5.41) is 1.91. The average molecular weight is 193 g/mol. The van der Waals surface area contributed by atoms with E-state index in [2.05, 4.69) is 0 Å². The van der Waals surface area contributed by atoms with Crippen LogP contribution in [0.3, 0.4) is 0 Å². The molecule has 1 aromatic rings. The minimum Gasteiger partial charge on any atom is -0.472 e. The van der Waals surface area contributed by atoms with Gasteiger partial charge in [0.25, 0.3) is 5.91 Å². The summed E-state index contributed by atoms with van der Waals surface area (Å²) >= 11 is 1.47. The van der Waals surface area contributed by atoms with E-state index in [0.29, 0.717) is 5.57 Å². The molecule has 4 heteroatoms. The van der Waals surface area contributed by atoms with Crippen LogP contribution in [0.5, 0.6) is 0 Å². The van der Waals surface area contributed by atoms with Crippen molar-refractivity contribution in [3.8, 4) is 0 Å². The van der Waals surface area contributed by atoms with E-state index in [1.165, 1.54) is 23.9 Å². The molecule has 0 atom stereocenters. The predicted molar refractivity (Wildman–Crippen MR) is 51.6 cm³/mol. The third kappa shape index (κ3) is 1.36. The molecular formula is C9H7NO2S. The Morgan fingerprint density at radius 3 is 3.15 bits per heavy atom. The van der Waals surface area contributed by atoms with E-state index in [1.807, 2.05) is 11.4 Å². The zero-order chi connectivity index (χ0) is 9.26. The second-order valence-corrected chi connectivity index (χ2v) is 3.46. The second-order valence-electron chi connectivity index (χ2n) is 2.54. The molecule has 0 bridgehead atoms. The predicted octanol–water partition coefficient (Wildman–Crippen LogP) is 1.58. The fourth-order valence-electron chi connectivity index (χ4n) is 1.11. The molecule has 0 saturated carbocycles. The lowest BCUT2D eigenvalue weighted by Crippen LogP contribution is -2.12. The summed E-state index contributed by atoms with van der Waals surface area (Å²) in [6.07, 6.45) is 4.71. The Bertz CT molecular complexity index is 404. The van der Waals surface area contributed by atoms with Crippen LogP contribution in [0.4, 0.5) is 0 Å². The van der Waals surface area contributed by atoms with Gasteiger partial charge in [-0.15, -0.1) is 11.3 Å². The number of hydrogen-bond acceptors (Lipinski definition) is 3. The maximum atomic E-state index is 11.0. The molecule has 0 spiro atoms. The lowest BCUT2D eigenvalue weighted by Gasteiger charge is -1.98. The molecule has 0 radical (unpaired) electrons. The minimum absolute atomic E-state index is 0.426. The third-order valence-electron chi connectivity index (χ3n) is 1.72. The van der Waals surface area contributed by atoms with Gasteiger partial charge in [-0.3, -0.25) is 4.79 Å². The highest BCUT2D eigenvalue weighted by Crippen LogP contribution is 2.28. The molecule has 0 saturated heterocycles. The summed E-state index contributed by atoms with van der Waals surface area (Å²) in [7, 11) is 0. The Balaban J connectivity index is 2.56. The van der Waals surface area contributed by atoms with Gasteiger partial charge in [-0.1, -0.05) is 0 Å². The number of primary amides is 1. The van der Waals surface area contributed by atoms with E-state index >= 15 is 0 Å². The summed E-state index contributed by atoms with van der Waals surface area (Å²) in [5.74, 6) is -0.465. The van der Waals surface area contributed by atoms with Gasteiger partial charge in [-0.05, 0) is 23.1 Å². The molecule has 1 aliphatic rings. The highest BCUT2D eigenvalue weighted by molar-refractivity contribution is 7.11. The van der Waals surface area contributed by atoms with Gasteiger partial charge < -0.3 is 10.5 Å². The van der Waals surface area contributed by atoms with Gasteiger partial charge in [0, 0.05) is 0 Å². The summed E-state index contributed by atoms with van der Waals surface area (Å²) in [6, 6.07) is 1.92. The Hall–Kier alpha value is -1.55. The van der Waals surface area contributed by atoms with Gasteiger partial charge >= 0.3 is 0 Å². The van der Waals surface area contributed by atoms with Gasteiger partial charge in [0.1, 0.15) is 6.26 Å². The van der Waals surface area contributed by atoms with Crippen LogP contribution in [-0.2, 0) is 9.53 Å². The molecule has 1 aliphatic heterocycles. The number of amides is 1. The number of fused-ring (bicyclic) bond motifs is 1. The normalized spacial score (nSPS) is 14.0. The van der Waals surface area contributed by atoms with Crippen LogP contribution in [-0.4, -0.2) is 5.91 Å². The molecule has 0 aromatic carbocycles. The van der Waals surface area contributed by atoms with Crippen LogP contribution in [0, 0.1) is 0 Å². The molecule has 0 aliphatic carbocycles. The zero-order valence-corrected chi connectivity index (χ0v) is 7.51. The van der Waals surface area contributed by atoms with Gasteiger partial charge in [0.15, 0.2) is 0 Å². The highest BCUT2D eigenvalue weighted by Gasteiger charge is 2.15. The molecule has 66 valence electrons. The largest absolute Gasteiger partial charge is 0.472 e. The van der Waals surface area contributed by atoms with Crippen molar-refractivity contribution in [2.45, 2.75) is 0 Å². The maximum absolute atomic E-state index is 11.0. The third-order valence-corrected chi connectivity index (χ3v) is 2.68. The maximum Gasteiger partial charge on any atom is 0.253 e. The van der Waals surface area contributed by atoms with Crippen molar-refractivity contribution in [3.05, 3.63) is 34.4 Å². The van der Waals surface area contributed by atoms with E-state index in [-0.39, 0.29) is 0 Å². The molecule has 0 fully saturated rings. The molecule has 0 unspecified atom stereocenters. The molecule has 2 N–H and O–H groups in total. The van der Waals surface area contributed by atoms with Gasteiger partial charge in [-0.25, -0.2) is 0 Å². The first-order chi connectivity index (χ1) is 6.29.